The van der Waals surface area contributed by atoms with Crippen LogP contribution in [-0.2, 0) is 4.79 Å². The number of carbonyl (C=O) groups is 1. The molecule has 1 aromatic rings. The van der Waals surface area contributed by atoms with E-state index in [1.807, 2.05) is 12.1 Å². The van der Waals surface area contributed by atoms with Gasteiger partial charge in [0.25, 0.3) is 0 Å². The SMILES string of the molecule is CCCCC(=O)N(C)c1ccc(Br)cc1N. The molecule has 0 spiro atoms. The quantitative estimate of drug-likeness (QED) is 0.864. The largest absolute Gasteiger partial charge is 0.397 e. The number of nitrogen functional groups attached to an aromatic ring is 1. The van der Waals surface area contributed by atoms with Crippen molar-refractivity contribution in [2.75, 3.05) is 17.7 Å². The summed E-state index contributed by atoms with van der Waals surface area (Å²) in [7, 11) is 1.76. The highest BCUT2D eigenvalue weighted by molar-refractivity contribution is 9.10. The first-order chi connectivity index (χ1) is 7.56. The molecule has 0 atom stereocenters. The Morgan fingerprint density at radius 2 is 2.19 bits per heavy atom. The van der Waals surface area contributed by atoms with Crippen molar-refractivity contribution < 1.29 is 4.79 Å². The lowest BCUT2D eigenvalue weighted by atomic mass is 10.2. The Kier molecular flexibility index (Phi) is 4.80. The minimum atomic E-state index is 0.107. The van der Waals surface area contributed by atoms with Crippen molar-refractivity contribution in [3.63, 3.8) is 0 Å². The lowest BCUT2D eigenvalue weighted by Crippen LogP contribution is -2.26. The number of anilines is 2. The molecule has 0 unspecified atom stereocenters. The van der Waals surface area contributed by atoms with Gasteiger partial charge in [0, 0.05) is 17.9 Å². The van der Waals surface area contributed by atoms with E-state index in [0.29, 0.717) is 12.1 Å². The maximum atomic E-state index is 11.8. The number of benzene rings is 1. The van der Waals surface area contributed by atoms with E-state index in [1.165, 1.54) is 0 Å². The van der Waals surface area contributed by atoms with Crippen molar-refractivity contribution in [1.29, 1.82) is 0 Å². The van der Waals surface area contributed by atoms with E-state index in [1.54, 1.807) is 18.0 Å². The van der Waals surface area contributed by atoms with E-state index in [0.717, 1.165) is 23.0 Å². The summed E-state index contributed by atoms with van der Waals surface area (Å²) in [5, 5.41) is 0. The van der Waals surface area contributed by atoms with Crippen LogP contribution in [0, 0.1) is 0 Å². The van der Waals surface area contributed by atoms with Gasteiger partial charge >= 0.3 is 0 Å². The van der Waals surface area contributed by atoms with E-state index in [4.69, 9.17) is 5.73 Å². The Hall–Kier alpha value is -1.03. The highest BCUT2D eigenvalue weighted by Gasteiger charge is 2.12. The summed E-state index contributed by atoms with van der Waals surface area (Å²) in [4.78, 5) is 13.4. The van der Waals surface area contributed by atoms with E-state index in [-0.39, 0.29) is 5.91 Å². The molecule has 0 heterocycles. The number of hydrogen-bond acceptors (Lipinski definition) is 2. The molecule has 88 valence electrons. The maximum absolute atomic E-state index is 11.8. The Labute approximate surface area is 105 Å². The van der Waals surface area contributed by atoms with Crippen molar-refractivity contribution in [1.82, 2.24) is 0 Å². The molecule has 2 N–H and O–H groups in total. The number of rotatable bonds is 4. The van der Waals surface area contributed by atoms with Gasteiger partial charge in [-0.15, -0.1) is 0 Å². The first-order valence-electron chi connectivity index (χ1n) is 5.37. The van der Waals surface area contributed by atoms with Gasteiger partial charge in [-0.25, -0.2) is 0 Å². The monoisotopic (exact) mass is 284 g/mol. The summed E-state index contributed by atoms with van der Waals surface area (Å²) in [6.45, 7) is 2.07. The Morgan fingerprint density at radius 1 is 1.50 bits per heavy atom. The third kappa shape index (κ3) is 3.23. The summed E-state index contributed by atoms with van der Waals surface area (Å²) in [6.07, 6.45) is 2.51. The van der Waals surface area contributed by atoms with Gasteiger partial charge in [-0.3, -0.25) is 4.79 Å². The second-order valence-corrected chi connectivity index (χ2v) is 4.68. The van der Waals surface area contributed by atoms with E-state index in [9.17, 15) is 4.79 Å². The zero-order chi connectivity index (χ0) is 12.1. The van der Waals surface area contributed by atoms with Crippen LogP contribution in [0.15, 0.2) is 22.7 Å². The summed E-state index contributed by atoms with van der Waals surface area (Å²) in [6, 6.07) is 5.54. The third-order valence-electron chi connectivity index (χ3n) is 2.47. The summed E-state index contributed by atoms with van der Waals surface area (Å²) >= 11 is 3.34. The lowest BCUT2D eigenvalue weighted by molar-refractivity contribution is -0.118. The van der Waals surface area contributed by atoms with Crippen LogP contribution in [0.25, 0.3) is 0 Å². The molecule has 1 rings (SSSR count). The summed E-state index contributed by atoms with van der Waals surface area (Å²) < 4.78 is 0.920. The topological polar surface area (TPSA) is 46.3 Å². The number of carbonyl (C=O) groups excluding carboxylic acids is 1. The predicted octanol–water partition coefficient (Wildman–Crippen LogP) is 3.18. The number of hydrogen-bond donors (Lipinski definition) is 1. The van der Waals surface area contributed by atoms with Gasteiger partial charge in [0.2, 0.25) is 5.91 Å². The van der Waals surface area contributed by atoms with Crippen LogP contribution < -0.4 is 10.6 Å². The molecule has 0 radical (unpaired) electrons. The van der Waals surface area contributed by atoms with Gasteiger partial charge in [0.15, 0.2) is 0 Å². The fraction of sp³-hybridized carbons (Fsp3) is 0.417. The second-order valence-electron chi connectivity index (χ2n) is 3.76. The molecule has 4 heteroatoms. The molecule has 1 aromatic carbocycles. The van der Waals surface area contributed by atoms with Crippen LogP contribution in [0.2, 0.25) is 0 Å². The van der Waals surface area contributed by atoms with Crippen LogP contribution >= 0.6 is 15.9 Å². The molecule has 1 amide bonds. The van der Waals surface area contributed by atoms with Gasteiger partial charge in [-0.1, -0.05) is 29.3 Å². The average Bonchev–Trinajstić information content (AvgIpc) is 2.25. The van der Waals surface area contributed by atoms with Crippen molar-refractivity contribution in [3.05, 3.63) is 22.7 Å². The molecular weight excluding hydrogens is 268 g/mol. The Balaban J connectivity index is 2.79. The van der Waals surface area contributed by atoms with Gasteiger partial charge in [-0.05, 0) is 24.6 Å². The highest BCUT2D eigenvalue weighted by Crippen LogP contribution is 2.26. The molecule has 16 heavy (non-hydrogen) atoms. The van der Waals surface area contributed by atoms with Crippen LogP contribution in [0.4, 0.5) is 11.4 Å². The van der Waals surface area contributed by atoms with Crippen molar-refractivity contribution in [2.24, 2.45) is 0 Å². The van der Waals surface area contributed by atoms with Gasteiger partial charge in [0.05, 0.1) is 11.4 Å². The zero-order valence-corrected chi connectivity index (χ0v) is 11.3. The molecule has 0 saturated carbocycles. The fourth-order valence-corrected chi connectivity index (χ4v) is 1.84. The summed E-state index contributed by atoms with van der Waals surface area (Å²) in [5.41, 5.74) is 7.25. The molecule has 0 saturated heterocycles. The normalized spacial score (nSPS) is 10.2. The van der Waals surface area contributed by atoms with Crippen molar-refractivity contribution in [3.8, 4) is 0 Å². The van der Waals surface area contributed by atoms with E-state index >= 15 is 0 Å². The average molecular weight is 285 g/mol. The molecule has 0 aromatic heterocycles. The molecular formula is C12H17BrN2O. The zero-order valence-electron chi connectivity index (χ0n) is 9.66. The Bertz CT molecular complexity index is 379. The molecule has 0 aliphatic rings. The summed E-state index contributed by atoms with van der Waals surface area (Å²) in [5.74, 6) is 0.107. The first-order valence-corrected chi connectivity index (χ1v) is 6.17. The van der Waals surface area contributed by atoms with Gasteiger partial charge in [-0.2, -0.15) is 0 Å². The number of amides is 1. The van der Waals surface area contributed by atoms with E-state index in [2.05, 4.69) is 22.9 Å². The van der Waals surface area contributed by atoms with Crippen LogP contribution in [0.5, 0.6) is 0 Å². The van der Waals surface area contributed by atoms with Gasteiger partial charge in [0.1, 0.15) is 0 Å². The molecule has 0 aliphatic heterocycles. The minimum Gasteiger partial charge on any atom is -0.397 e. The standard InChI is InChI=1S/C12H17BrN2O/c1-3-4-5-12(16)15(2)11-7-6-9(13)8-10(11)14/h6-8H,3-5,14H2,1-2H3. The molecule has 0 aliphatic carbocycles. The fourth-order valence-electron chi connectivity index (χ4n) is 1.46. The smallest absolute Gasteiger partial charge is 0.226 e. The van der Waals surface area contributed by atoms with Crippen molar-refractivity contribution >= 4 is 33.2 Å². The first kappa shape index (κ1) is 13.0. The number of nitrogens with two attached hydrogens (primary N) is 1. The van der Waals surface area contributed by atoms with Gasteiger partial charge < -0.3 is 10.6 Å². The number of nitrogens with zero attached hydrogens (tertiary/aromatic N) is 1. The molecule has 0 fully saturated rings. The second kappa shape index (κ2) is 5.89. The predicted molar refractivity (Wildman–Crippen MR) is 71.5 cm³/mol. The third-order valence-corrected chi connectivity index (χ3v) is 2.96. The van der Waals surface area contributed by atoms with Crippen LogP contribution in [0.1, 0.15) is 26.2 Å². The number of halogens is 1. The molecule has 0 bridgehead atoms. The Morgan fingerprint density at radius 3 is 2.75 bits per heavy atom. The number of unbranched alkanes of at least 4 members (excludes halogenated alkanes) is 1. The minimum absolute atomic E-state index is 0.107. The van der Waals surface area contributed by atoms with E-state index < -0.39 is 0 Å². The maximum Gasteiger partial charge on any atom is 0.226 e. The highest BCUT2D eigenvalue weighted by atomic mass is 79.9. The van der Waals surface area contributed by atoms with Crippen LogP contribution in [-0.4, -0.2) is 13.0 Å². The lowest BCUT2D eigenvalue weighted by Gasteiger charge is -2.19. The molecule has 3 nitrogen and oxygen atoms in total. The van der Waals surface area contributed by atoms with Crippen molar-refractivity contribution in [2.45, 2.75) is 26.2 Å². The van der Waals surface area contributed by atoms with Crippen LogP contribution in [0.3, 0.4) is 0 Å².